The van der Waals surface area contributed by atoms with E-state index in [4.69, 9.17) is 0 Å². The van der Waals surface area contributed by atoms with Crippen molar-refractivity contribution in [2.45, 2.75) is 4.90 Å². The summed E-state index contributed by atoms with van der Waals surface area (Å²) >= 11 is -0.847. The molecule has 0 saturated heterocycles. The van der Waals surface area contributed by atoms with Gasteiger partial charge in [-0.15, -0.1) is 0 Å². The molecule has 1 unspecified atom stereocenters. The van der Waals surface area contributed by atoms with Crippen molar-refractivity contribution in [1.82, 2.24) is 9.36 Å². The number of H-pyrrole nitrogens is 1. The van der Waals surface area contributed by atoms with E-state index >= 15 is 0 Å². The number of rotatable bonds is 2. The zero-order chi connectivity index (χ0) is 9.26. The molecule has 0 spiro atoms. The van der Waals surface area contributed by atoms with Gasteiger partial charge in [0.1, 0.15) is 5.69 Å². The van der Waals surface area contributed by atoms with Crippen LogP contribution in [0.4, 0.5) is 0 Å². The first-order valence-corrected chi connectivity index (χ1v) is 5.37. The Morgan fingerprint density at radius 2 is 2.46 bits per heavy atom. The van der Waals surface area contributed by atoms with Crippen molar-refractivity contribution in [3.63, 3.8) is 0 Å². The van der Waals surface area contributed by atoms with E-state index in [0.717, 1.165) is 11.4 Å². The molecule has 0 aromatic carbocycles. The average molecular weight is 213 g/mol. The normalized spacial score (nSPS) is 13.0. The predicted octanol–water partition coefficient (Wildman–Crippen LogP) is 1.38. The Hall–Kier alpha value is -0.980. The molecule has 4 nitrogen and oxygen atoms in total. The van der Waals surface area contributed by atoms with Gasteiger partial charge in [0.15, 0.2) is 0 Å². The fourth-order valence-electron chi connectivity index (χ4n) is 0.970. The predicted molar refractivity (Wildman–Crippen MR) is 49.1 cm³/mol. The minimum Gasteiger partial charge on any atom is -0.768 e. The van der Waals surface area contributed by atoms with Crippen LogP contribution in [0.5, 0.6) is 0 Å². The second-order valence-corrected chi connectivity index (χ2v) is 3.97. The monoisotopic (exact) mass is 213 g/mol. The van der Waals surface area contributed by atoms with E-state index in [-0.39, 0.29) is 4.90 Å². The first kappa shape index (κ1) is 8.61. The summed E-state index contributed by atoms with van der Waals surface area (Å²) in [6.45, 7) is 0. The Bertz CT molecular complexity index is 421. The van der Waals surface area contributed by atoms with Crippen LogP contribution in [0, 0.1) is 0 Å². The van der Waals surface area contributed by atoms with E-state index in [1.165, 1.54) is 17.7 Å². The highest BCUT2D eigenvalue weighted by Gasteiger charge is 2.03. The molecule has 0 aliphatic rings. The number of hydrogen-bond donors (Lipinski definition) is 1. The quantitative estimate of drug-likeness (QED) is 0.766. The third kappa shape index (κ3) is 1.69. The van der Waals surface area contributed by atoms with Gasteiger partial charge in [-0.1, -0.05) is 0 Å². The van der Waals surface area contributed by atoms with Crippen LogP contribution in [0.3, 0.4) is 0 Å². The van der Waals surface area contributed by atoms with Crippen molar-refractivity contribution in [3.8, 4) is 11.4 Å². The summed E-state index contributed by atoms with van der Waals surface area (Å²) < 4.78 is 25.2. The van der Waals surface area contributed by atoms with Crippen LogP contribution in [-0.2, 0) is 11.1 Å². The first-order valence-electron chi connectivity index (χ1n) is 3.46. The maximum absolute atomic E-state index is 10.5. The molecule has 0 saturated carbocycles. The Balaban J connectivity index is 2.39. The van der Waals surface area contributed by atoms with Gasteiger partial charge in [0.25, 0.3) is 0 Å². The van der Waals surface area contributed by atoms with Crippen LogP contribution in [0.25, 0.3) is 11.4 Å². The highest BCUT2D eigenvalue weighted by atomic mass is 32.2. The van der Waals surface area contributed by atoms with Crippen molar-refractivity contribution >= 4 is 22.6 Å². The highest BCUT2D eigenvalue weighted by Crippen LogP contribution is 2.19. The zero-order valence-electron chi connectivity index (χ0n) is 6.39. The van der Waals surface area contributed by atoms with Gasteiger partial charge in [0.05, 0.1) is 5.69 Å². The minimum atomic E-state index is -2.18. The fraction of sp³-hybridized carbons (Fsp3) is 0. The number of aromatic amines is 1. The molecule has 0 aliphatic heterocycles. The van der Waals surface area contributed by atoms with E-state index in [2.05, 4.69) is 9.36 Å². The number of nitrogens with one attached hydrogen (secondary N) is 1. The fourth-order valence-corrected chi connectivity index (χ4v) is 1.86. The van der Waals surface area contributed by atoms with E-state index in [1.807, 2.05) is 11.4 Å². The molecule has 2 aromatic rings. The molecule has 2 aromatic heterocycles. The minimum absolute atomic E-state index is 0.253. The van der Waals surface area contributed by atoms with Crippen molar-refractivity contribution < 1.29 is 8.76 Å². The lowest BCUT2D eigenvalue weighted by Gasteiger charge is -1.97. The van der Waals surface area contributed by atoms with Crippen LogP contribution >= 0.6 is 11.5 Å². The Kier molecular flexibility index (Phi) is 2.26. The molecule has 2 heterocycles. The van der Waals surface area contributed by atoms with Gasteiger partial charge in [-0.2, -0.15) is 4.37 Å². The first-order chi connectivity index (χ1) is 6.27. The maximum atomic E-state index is 10.5. The Morgan fingerprint density at radius 1 is 1.62 bits per heavy atom. The van der Waals surface area contributed by atoms with Crippen LogP contribution in [0.2, 0.25) is 0 Å². The standard InChI is InChI=1S/C7H6N2O2S2/c10-13(11)5-3-7(8-4-5)6-1-2-12-9-6/h1-4,8H,(H,10,11)/p-1. The van der Waals surface area contributed by atoms with Gasteiger partial charge < -0.3 is 9.54 Å². The number of nitrogens with zero attached hydrogens (tertiary/aromatic N) is 1. The van der Waals surface area contributed by atoms with Crippen LogP contribution in [0.15, 0.2) is 28.6 Å². The summed E-state index contributed by atoms with van der Waals surface area (Å²) in [5, 5.41) is 1.84. The molecule has 0 fully saturated rings. The Morgan fingerprint density at radius 3 is 3.00 bits per heavy atom. The van der Waals surface area contributed by atoms with Gasteiger partial charge in [0, 0.05) is 16.5 Å². The zero-order valence-corrected chi connectivity index (χ0v) is 8.02. The second-order valence-electron chi connectivity index (χ2n) is 2.37. The van der Waals surface area contributed by atoms with Crippen LogP contribution < -0.4 is 0 Å². The maximum Gasteiger partial charge on any atom is 0.100 e. The molecular formula is C7H5N2O2S2-. The largest absolute Gasteiger partial charge is 0.768 e. The highest BCUT2D eigenvalue weighted by molar-refractivity contribution is 7.79. The van der Waals surface area contributed by atoms with Gasteiger partial charge in [-0.3, -0.25) is 4.21 Å². The second kappa shape index (κ2) is 3.41. The SMILES string of the molecule is O=S([O-])c1c[nH]c(-c2ccsn2)c1. The van der Waals surface area contributed by atoms with E-state index in [0.29, 0.717) is 0 Å². The topological polar surface area (TPSA) is 68.8 Å². The third-order valence-corrected chi connectivity index (χ3v) is 2.74. The molecule has 68 valence electrons. The smallest absolute Gasteiger partial charge is 0.100 e. The van der Waals surface area contributed by atoms with Crippen LogP contribution in [-0.4, -0.2) is 18.1 Å². The van der Waals surface area contributed by atoms with Gasteiger partial charge >= 0.3 is 0 Å². The van der Waals surface area contributed by atoms with Crippen molar-refractivity contribution in [2.75, 3.05) is 0 Å². The third-order valence-electron chi connectivity index (χ3n) is 1.56. The number of aromatic nitrogens is 2. The van der Waals surface area contributed by atoms with Crippen molar-refractivity contribution in [1.29, 1.82) is 0 Å². The van der Waals surface area contributed by atoms with Crippen LogP contribution in [0.1, 0.15) is 0 Å². The summed E-state index contributed by atoms with van der Waals surface area (Å²) in [6.07, 6.45) is 1.44. The summed E-state index contributed by atoms with van der Waals surface area (Å²) in [5.41, 5.74) is 1.49. The molecule has 0 radical (unpaired) electrons. The molecule has 1 N–H and O–H groups in total. The summed E-state index contributed by atoms with van der Waals surface area (Å²) in [7, 11) is 0. The molecule has 2 rings (SSSR count). The van der Waals surface area contributed by atoms with Crippen molar-refractivity contribution in [3.05, 3.63) is 23.7 Å². The van der Waals surface area contributed by atoms with E-state index in [9.17, 15) is 8.76 Å². The summed E-state index contributed by atoms with van der Waals surface area (Å²) in [4.78, 5) is 3.09. The molecule has 0 amide bonds. The van der Waals surface area contributed by atoms with Gasteiger partial charge in [-0.25, -0.2) is 0 Å². The van der Waals surface area contributed by atoms with E-state index in [1.54, 1.807) is 6.07 Å². The summed E-state index contributed by atoms with van der Waals surface area (Å²) in [6, 6.07) is 3.38. The molecule has 13 heavy (non-hydrogen) atoms. The average Bonchev–Trinajstić information content (AvgIpc) is 2.75. The van der Waals surface area contributed by atoms with Gasteiger partial charge in [0.2, 0.25) is 0 Å². The lowest BCUT2D eigenvalue weighted by Crippen LogP contribution is -1.83. The molecule has 6 heteroatoms. The summed E-state index contributed by atoms with van der Waals surface area (Å²) in [5.74, 6) is 0. The molecule has 0 bridgehead atoms. The lowest BCUT2D eigenvalue weighted by molar-refractivity contribution is 0.537. The lowest BCUT2D eigenvalue weighted by atomic mass is 10.3. The molecular weight excluding hydrogens is 208 g/mol. The Labute approximate surface area is 81.1 Å². The molecule has 0 aliphatic carbocycles. The van der Waals surface area contributed by atoms with E-state index < -0.39 is 11.1 Å². The number of hydrogen-bond acceptors (Lipinski definition) is 4. The molecule has 1 atom stereocenters. The van der Waals surface area contributed by atoms with Crippen molar-refractivity contribution in [2.24, 2.45) is 0 Å². The van der Waals surface area contributed by atoms with Gasteiger partial charge in [-0.05, 0) is 34.7 Å².